The summed E-state index contributed by atoms with van der Waals surface area (Å²) in [5.74, 6) is -0.412. The standard InChI is InChI=1S/C10H17ClN2O3/c1-7(11)9(14)12-8(2)10(15)13-3-5-16-6-4-13/h7-8H,3-6H2,1-2H3,(H,12,14). The molecule has 0 spiro atoms. The summed E-state index contributed by atoms with van der Waals surface area (Å²) in [7, 11) is 0. The van der Waals surface area contributed by atoms with Crippen molar-refractivity contribution in [2.24, 2.45) is 0 Å². The average molecular weight is 249 g/mol. The first kappa shape index (κ1) is 13.3. The lowest BCUT2D eigenvalue weighted by molar-refractivity contribution is -0.139. The zero-order valence-electron chi connectivity index (χ0n) is 9.53. The van der Waals surface area contributed by atoms with Crippen LogP contribution in [0.5, 0.6) is 0 Å². The molecule has 0 aromatic rings. The van der Waals surface area contributed by atoms with Gasteiger partial charge in [0.25, 0.3) is 0 Å². The van der Waals surface area contributed by atoms with E-state index in [1.54, 1.807) is 18.7 Å². The largest absolute Gasteiger partial charge is 0.378 e. The van der Waals surface area contributed by atoms with Gasteiger partial charge < -0.3 is 15.0 Å². The molecule has 2 atom stereocenters. The number of alkyl halides is 1. The summed E-state index contributed by atoms with van der Waals surface area (Å²) in [5.41, 5.74) is 0. The number of ether oxygens (including phenoxy) is 1. The zero-order valence-corrected chi connectivity index (χ0v) is 10.3. The maximum Gasteiger partial charge on any atom is 0.245 e. The third kappa shape index (κ3) is 3.64. The Labute approximate surface area is 100 Å². The van der Waals surface area contributed by atoms with Crippen LogP contribution in [0.1, 0.15) is 13.8 Å². The first-order valence-electron chi connectivity index (χ1n) is 5.33. The molecule has 1 aliphatic rings. The van der Waals surface area contributed by atoms with E-state index < -0.39 is 11.4 Å². The van der Waals surface area contributed by atoms with E-state index in [0.717, 1.165) is 0 Å². The fraction of sp³-hybridized carbons (Fsp3) is 0.800. The Morgan fingerprint density at radius 1 is 1.31 bits per heavy atom. The Hall–Kier alpha value is -0.810. The van der Waals surface area contributed by atoms with Gasteiger partial charge in [-0.3, -0.25) is 9.59 Å². The molecule has 6 heteroatoms. The Morgan fingerprint density at radius 3 is 2.38 bits per heavy atom. The van der Waals surface area contributed by atoms with Crippen LogP contribution < -0.4 is 5.32 Å². The highest BCUT2D eigenvalue weighted by atomic mass is 35.5. The lowest BCUT2D eigenvalue weighted by Crippen LogP contribution is -2.51. The van der Waals surface area contributed by atoms with Crippen molar-refractivity contribution < 1.29 is 14.3 Å². The zero-order chi connectivity index (χ0) is 12.1. The Bertz CT molecular complexity index is 265. The molecule has 92 valence electrons. The summed E-state index contributed by atoms with van der Waals surface area (Å²) in [6.07, 6.45) is 0. The molecule has 1 N–H and O–H groups in total. The number of halogens is 1. The van der Waals surface area contributed by atoms with E-state index in [1.165, 1.54) is 0 Å². The lowest BCUT2D eigenvalue weighted by atomic mass is 10.2. The van der Waals surface area contributed by atoms with Gasteiger partial charge in [0.1, 0.15) is 11.4 Å². The Morgan fingerprint density at radius 2 is 1.88 bits per heavy atom. The van der Waals surface area contributed by atoms with E-state index in [2.05, 4.69) is 5.32 Å². The number of nitrogens with one attached hydrogen (secondary N) is 1. The van der Waals surface area contributed by atoms with Gasteiger partial charge in [-0.25, -0.2) is 0 Å². The predicted molar refractivity (Wildman–Crippen MR) is 60.3 cm³/mol. The smallest absolute Gasteiger partial charge is 0.245 e. The van der Waals surface area contributed by atoms with E-state index in [0.29, 0.717) is 26.3 Å². The fourth-order valence-corrected chi connectivity index (χ4v) is 1.51. The number of morpholine rings is 1. The number of rotatable bonds is 3. The van der Waals surface area contributed by atoms with Crippen LogP contribution in [0, 0.1) is 0 Å². The number of nitrogens with zero attached hydrogens (tertiary/aromatic N) is 1. The van der Waals surface area contributed by atoms with Crippen LogP contribution in [-0.2, 0) is 14.3 Å². The molecule has 0 aliphatic carbocycles. The molecule has 0 aromatic carbocycles. The van der Waals surface area contributed by atoms with Crippen molar-refractivity contribution in [1.82, 2.24) is 10.2 Å². The fourth-order valence-electron chi connectivity index (χ4n) is 1.45. The normalized spacial score (nSPS) is 20.1. The second-order valence-corrected chi connectivity index (χ2v) is 4.44. The summed E-state index contributed by atoms with van der Waals surface area (Å²) >= 11 is 5.61. The van der Waals surface area contributed by atoms with Crippen LogP contribution in [0.4, 0.5) is 0 Å². The molecule has 16 heavy (non-hydrogen) atoms. The van der Waals surface area contributed by atoms with Crippen molar-refractivity contribution in [3.8, 4) is 0 Å². The maximum atomic E-state index is 11.9. The first-order valence-corrected chi connectivity index (χ1v) is 5.77. The molecular weight excluding hydrogens is 232 g/mol. The summed E-state index contributed by atoms with van der Waals surface area (Å²) in [6, 6.07) is -0.535. The van der Waals surface area contributed by atoms with Gasteiger partial charge in [-0.1, -0.05) is 0 Å². The van der Waals surface area contributed by atoms with Crippen LogP contribution in [0.3, 0.4) is 0 Å². The molecular formula is C10H17ClN2O3. The second-order valence-electron chi connectivity index (χ2n) is 3.78. The number of amides is 2. The highest BCUT2D eigenvalue weighted by Crippen LogP contribution is 2.01. The second kappa shape index (κ2) is 6.06. The van der Waals surface area contributed by atoms with E-state index in [1.807, 2.05) is 0 Å². The van der Waals surface area contributed by atoms with E-state index in [-0.39, 0.29) is 11.8 Å². The Kier molecular flexibility index (Phi) is 5.02. The SMILES string of the molecule is CC(Cl)C(=O)NC(C)C(=O)N1CCOCC1. The number of carbonyl (C=O) groups excluding carboxylic acids is 2. The molecule has 1 saturated heterocycles. The molecule has 1 rings (SSSR count). The molecule has 2 unspecified atom stereocenters. The molecule has 0 aromatic heterocycles. The van der Waals surface area contributed by atoms with Gasteiger partial charge in [-0.15, -0.1) is 11.6 Å². The molecule has 5 nitrogen and oxygen atoms in total. The minimum Gasteiger partial charge on any atom is -0.378 e. The van der Waals surface area contributed by atoms with Gasteiger partial charge in [0.15, 0.2) is 0 Å². The summed E-state index contributed by atoms with van der Waals surface area (Å²) in [5, 5.41) is 1.95. The summed E-state index contributed by atoms with van der Waals surface area (Å²) in [4.78, 5) is 24.9. The van der Waals surface area contributed by atoms with E-state index >= 15 is 0 Å². The summed E-state index contributed by atoms with van der Waals surface area (Å²) < 4.78 is 5.15. The van der Waals surface area contributed by atoms with Crippen molar-refractivity contribution >= 4 is 23.4 Å². The summed E-state index contributed by atoms with van der Waals surface area (Å²) in [6.45, 7) is 5.50. The predicted octanol–water partition coefficient (Wildman–Crippen LogP) is -0.0228. The topological polar surface area (TPSA) is 58.6 Å². The first-order chi connectivity index (χ1) is 7.52. The molecule has 2 amide bonds. The molecule has 1 fully saturated rings. The quantitative estimate of drug-likeness (QED) is 0.714. The monoisotopic (exact) mass is 248 g/mol. The van der Waals surface area contributed by atoms with Crippen LogP contribution in [0.15, 0.2) is 0 Å². The van der Waals surface area contributed by atoms with Gasteiger partial charge in [0.2, 0.25) is 11.8 Å². The van der Waals surface area contributed by atoms with Crippen molar-refractivity contribution in [1.29, 1.82) is 0 Å². The minimum absolute atomic E-state index is 0.0889. The molecule has 0 saturated carbocycles. The van der Waals surface area contributed by atoms with E-state index in [4.69, 9.17) is 16.3 Å². The highest BCUT2D eigenvalue weighted by Gasteiger charge is 2.24. The van der Waals surface area contributed by atoms with Crippen LogP contribution in [0.25, 0.3) is 0 Å². The van der Waals surface area contributed by atoms with Crippen LogP contribution in [0.2, 0.25) is 0 Å². The average Bonchev–Trinajstić information content (AvgIpc) is 2.28. The molecule has 0 radical (unpaired) electrons. The lowest BCUT2D eigenvalue weighted by Gasteiger charge is -2.29. The van der Waals surface area contributed by atoms with Crippen molar-refractivity contribution in [3.05, 3.63) is 0 Å². The molecule has 1 heterocycles. The third-order valence-electron chi connectivity index (χ3n) is 2.41. The minimum atomic E-state index is -0.625. The third-order valence-corrected chi connectivity index (χ3v) is 2.61. The molecule has 0 bridgehead atoms. The number of hydrogen-bond acceptors (Lipinski definition) is 3. The van der Waals surface area contributed by atoms with E-state index in [9.17, 15) is 9.59 Å². The van der Waals surface area contributed by atoms with Gasteiger partial charge in [-0.2, -0.15) is 0 Å². The number of carbonyl (C=O) groups is 2. The van der Waals surface area contributed by atoms with Crippen molar-refractivity contribution in [2.45, 2.75) is 25.3 Å². The molecule has 1 aliphatic heterocycles. The van der Waals surface area contributed by atoms with Gasteiger partial charge in [0.05, 0.1) is 13.2 Å². The van der Waals surface area contributed by atoms with Gasteiger partial charge in [-0.05, 0) is 13.8 Å². The Balaban J connectivity index is 2.43. The van der Waals surface area contributed by atoms with Crippen molar-refractivity contribution in [2.75, 3.05) is 26.3 Å². The number of hydrogen-bond donors (Lipinski definition) is 1. The van der Waals surface area contributed by atoms with Gasteiger partial charge in [0, 0.05) is 13.1 Å². The maximum absolute atomic E-state index is 11.9. The highest BCUT2D eigenvalue weighted by molar-refractivity contribution is 6.30. The van der Waals surface area contributed by atoms with Crippen LogP contribution >= 0.6 is 11.6 Å². The van der Waals surface area contributed by atoms with Crippen LogP contribution in [-0.4, -0.2) is 54.4 Å². The van der Waals surface area contributed by atoms with Gasteiger partial charge >= 0.3 is 0 Å². The van der Waals surface area contributed by atoms with Crippen molar-refractivity contribution in [3.63, 3.8) is 0 Å².